The molecule has 1 saturated carbocycles. The van der Waals surface area contributed by atoms with Gasteiger partial charge in [0.15, 0.2) is 0 Å². The quantitative estimate of drug-likeness (QED) is 0.882. The van der Waals surface area contributed by atoms with Gasteiger partial charge in [0.2, 0.25) is 0 Å². The van der Waals surface area contributed by atoms with E-state index in [1.807, 2.05) is 0 Å². The van der Waals surface area contributed by atoms with Crippen molar-refractivity contribution >= 4 is 0 Å². The van der Waals surface area contributed by atoms with Gasteiger partial charge in [-0.1, -0.05) is 12.1 Å². The minimum absolute atomic E-state index is 0.0651. The Morgan fingerprint density at radius 1 is 1.35 bits per heavy atom. The predicted molar refractivity (Wildman–Crippen MR) is 62.3 cm³/mol. The summed E-state index contributed by atoms with van der Waals surface area (Å²) in [5.74, 6) is -2.73. The highest BCUT2D eigenvalue weighted by molar-refractivity contribution is 5.47. The lowest BCUT2D eigenvalue weighted by Crippen LogP contribution is -2.44. The second-order valence-corrected chi connectivity index (χ2v) is 4.78. The molecule has 0 aromatic heterocycles. The van der Waals surface area contributed by atoms with Crippen molar-refractivity contribution in [3.63, 3.8) is 0 Å². The van der Waals surface area contributed by atoms with Crippen molar-refractivity contribution in [2.24, 2.45) is 5.73 Å². The van der Waals surface area contributed by atoms with Crippen LogP contribution in [0.5, 0.6) is 5.75 Å². The average molecular weight is 241 g/mol. The summed E-state index contributed by atoms with van der Waals surface area (Å²) < 4.78 is 32.5. The SMILES string of the molecule is COc1cccc(C2(N)CCC2)c1C(C)(F)F. The van der Waals surface area contributed by atoms with Crippen LogP contribution < -0.4 is 10.5 Å². The van der Waals surface area contributed by atoms with E-state index in [0.29, 0.717) is 5.56 Å². The topological polar surface area (TPSA) is 35.2 Å². The summed E-state index contributed by atoms with van der Waals surface area (Å²) in [5.41, 5.74) is 6.01. The van der Waals surface area contributed by atoms with Crippen molar-refractivity contribution < 1.29 is 13.5 Å². The van der Waals surface area contributed by atoms with Crippen molar-refractivity contribution in [1.82, 2.24) is 0 Å². The van der Waals surface area contributed by atoms with Crippen LogP contribution in [0.1, 0.15) is 37.3 Å². The minimum Gasteiger partial charge on any atom is -0.496 e. The van der Waals surface area contributed by atoms with Crippen LogP contribution in [0.3, 0.4) is 0 Å². The highest BCUT2D eigenvalue weighted by Gasteiger charge is 2.42. The zero-order valence-electron chi connectivity index (χ0n) is 10.1. The number of nitrogens with two attached hydrogens (primary N) is 1. The Labute approximate surface area is 99.8 Å². The monoisotopic (exact) mass is 241 g/mol. The largest absolute Gasteiger partial charge is 0.496 e. The van der Waals surface area contributed by atoms with Crippen LogP contribution in [-0.2, 0) is 11.5 Å². The maximum Gasteiger partial charge on any atom is 0.274 e. The van der Waals surface area contributed by atoms with Crippen molar-refractivity contribution in [2.75, 3.05) is 7.11 Å². The number of hydrogen-bond donors (Lipinski definition) is 1. The number of alkyl halides is 2. The number of methoxy groups -OCH3 is 1. The zero-order valence-corrected chi connectivity index (χ0v) is 10.1. The van der Waals surface area contributed by atoms with Gasteiger partial charge < -0.3 is 10.5 Å². The van der Waals surface area contributed by atoms with Crippen molar-refractivity contribution in [3.8, 4) is 5.75 Å². The summed E-state index contributed by atoms with van der Waals surface area (Å²) in [4.78, 5) is 0. The van der Waals surface area contributed by atoms with Crippen LogP contribution in [0.4, 0.5) is 8.78 Å². The number of benzene rings is 1. The zero-order chi connectivity index (χ0) is 12.7. The maximum absolute atomic E-state index is 13.7. The first-order valence-electron chi connectivity index (χ1n) is 5.73. The third-order valence-electron chi connectivity index (χ3n) is 3.47. The molecule has 0 bridgehead atoms. The fourth-order valence-corrected chi connectivity index (χ4v) is 2.40. The molecule has 17 heavy (non-hydrogen) atoms. The van der Waals surface area contributed by atoms with Crippen LogP contribution in [0, 0.1) is 0 Å². The molecule has 0 amide bonds. The van der Waals surface area contributed by atoms with Gasteiger partial charge in [0.25, 0.3) is 5.92 Å². The van der Waals surface area contributed by atoms with Gasteiger partial charge >= 0.3 is 0 Å². The number of rotatable bonds is 3. The molecule has 0 spiro atoms. The Morgan fingerprint density at radius 3 is 2.41 bits per heavy atom. The smallest absolute Gasteiger partial charge is 0.274 e. The summed E-state index contributed by atoms with van der Waals surface area (Å²) in [7, 11) is 1.40. The van der Waals surface area contributed by atoms with Crippen molar-refractivity contribution in [3.05, 3.63) is 29.3 Å². The fourth-order valence-electron chi connectivity index (χ4n) is 2.40. The van der Waals surface area contributed by atoms with E-state index in [9.17, 15) is 8.78 Å². The van der Waals surface area contributed by atoms with Crippen molar-refractivity contribution in [2.45, 2.75) is 37.6 Å². The number of halogens is 2. The van der Waals surface area contributed by atoms with Crippen LogP contribution in [0.25, 0.3) is 0 Å². The molecule has 0 radical (unpaired) electrons. The van der Waals surface area contributed by atoms with Crippen molar-refractivity contribution in [1.29, 1.82) is 0 Å². The Balaban J connectivity index is 2.59. The molecular weight excluding hydrogens is 224 g/mol. The number of ether oxygens (including phenoxy) is 1. The molecule has 94 valence electrons. The molecule has 0 heterocycles. The van der Waals surface area contributed by atoms with Crippen LogP contribution in [0.2, 0.25) is 0 Å². The van der Waals surface area contributed by atoms with Gasteiger partial charge in [-0.15, -0.1) is 0 Å². The summed E-state index contributed by atoms with van der Waals surface area (Å²) in [5, 5.41) is 0. The molecule has 1 fully saturated rings. The Bertz CT molecular complexity index is 422. The second-order valence-electron chi connectivity index (χ2n) is 4.78. The molecule has 2 nitrogen and oxygen atoms in total. The molecule has 1 aliphatic rings. The molecular formula is C13H17F2NO. The minimum atomic E-state index is -2.94. The van der Waals surface area contributed by atoms with E-state index in [1.165, 1.54) is 7.11 Å². The van der Waals surface area contributed by atoms with Gasteiger partial charge in [-0.2, -0.15) is 0 Å². The highest BCUT2D eigenvalue weighted by Crippen LogP contribution is 2.46. The molecule has 0 unspecified atom stereocenters. The van der Waals surface area contributed by atoms with Gasteiger partial charge in [0, 0.05) is 12.5 Å². The third-order valence-corrected chi connectivity index (χ3v) is 3.47. The third kappa shape index (κ3) is 2.02. The Kier molecular flexibility index (Phi) is 2.86. The molecule has 0 aliphatic heterocycles. The maximum atomic E-state index is 13.7. The molecule has 2 rings (SSSR count). The number of hydrogen-bond acceptors (Lipinski definition) is 2. The van der Waals surface area contributed by atoms with Gasteiger partial charge in [-0.25, -0.2) is 8.78 Å². The highest BCUT2D eigenvalue weighted by atomic mass is 19.3. The fraction of sp³-hybridized carbons (Fsp3) is 0.538. The molecule has 1 aromatic rings. The normalized spacial score (nSPS) is 18.6. The van der Waals surface area contributed by atoms with Crippen LogP contribution in [-0.4, -0.2) is 7.11 Å². The summed E-state index contributed by atoms with van der Waals surface area (Å²) >= 11 is 0. The molecule has 0 saturated heterocycles. The summed E-state index contributed by atoms with van der Waals surface area (Å²) in [6.45, 7) is 0.885. The molecule has 2 N–H and O–H groups in total. The van der Waals surface area contributed by atoms with Crippen LogP contribution in [0.15, 0.2) is 18.2 Å². The van der Waals surface area contributed by atoms with E-state index < -0.39 is 11.5 Å². The Hall–Kier alpha value is -1.16. The molecule has 4 heteroatoms. The first-order chi connectivity index (χ1) is 7.88. The lowest BCUT2D eigenvalue weighted by Gasteiger charge is -2.40. The first-order valence-corrected chi connectivity index (χ1v) is 5.73. The first kappa shape index (κ1) is 12.3. The summed E-state index contributed by atoms with van der Waals surface area (Å²) in [6, 6.07) is 4.96. The standard InChI is InChI=1S/C13H17F2NO/c1-12(14,15)11-9(13(16)7-4-8-13)5-3-6-10(11)17-2/h3,5-6H,4,7-8,16H2,1-2H3. The lowest BCUT2D eigenvalue weighted by molar-refractivity contribution is 0.0117. The van der Waals surface area contributed by atoms with Gasteiger partial charge in [0.1, 0.15) is 5.75 Å². The average Bonchev–Trinajstić information content (AvgIpc) is 2.23. The van der Waals surface area contributed by atoms with E-state index in [4.69, 9.17) is 10.5 Å². The van der Waals surface area contributed by atoms with E-state index in [1.54, 1.807) is 18.2 Å². The van der Waals surface area contributed by atoms with Gasteiger partial charge in [-0.05, 0) is 30.9 Å². The van der Waals surface area contributed by atoms with Gasteiger partial charge in [0.05, 0.1) is 12.7 Å². The summed E-state index contributed by atoms with van der Waals surface area (Å²) in [6.07, 6.45) is 2.49. The van der Waals surface area contributed by atoms with E-state index in [0.717, 1.165) is 26.2 Å². The predicted octanol–water partition coefficient (Wildman–Crippen LogP) is 3.14. The van der Waals surface area contributed by atoms with E-state index >= 15 is 0 Å². The van der Waals surface area contributed by atoms with Gasteiger partial charge in [-0.3, -0.25) is 0 Å². The Morgan fingerprint density at radius 2 is 2.00 bits per heavy atom. The van der Waals surface area contributed by atoms with E-state index in [-0.39, 0.29) is 11.3 Å². The molecule has 0 atom stereocenters. The second kappa shape index (κ2) is 3.95. The lowest BCUT2D eigenvalue weighted by atomic mass is 9.70. The van der Waals surface area contributed by atoms with Crippen LogP contribution >= 0.6 is 0 Å². The molecule has 1 aliphatic carbocycles. The van der Waals surface area contributed by atoms with E-state index in [2.05, 4.69) is 0 Å². The molecule has 1 aromatic carbocycles.